The van der Waals surface area contributed by atoms with E-state index in [0.29, 0.717) is 0 Å². The highest BCUT2D eigenvalue weighted by Crippen LogP contribution is 2.19. The van der Waals surface area contributed by atoms with E-state index in [1.54, 1.807) is 0 Å². The van der Waals surface area contributed by atoms with E-state index >= 15 is 0 Å². The molecule has 3 nitrogen and oxygen atoms in total. The summed E-state index contributed by atoms with van der Waals surface area (Å²) in [6, 6.07) is 2.27. The molecule has 0 aromatic carbocycles. The van der Waals surface area contributed by atoms with Crippen molar-refractivity contribution in [1.29, 1.82) is 0 Å². The maximum Gasteiger partial charge on any atom is 0.131 e. The van der Waals surface area contributed by atoms with Crippen LogP contribution in [0.15, 0.2) is 12.3 Å². The summed E-state index contributed by atoms with van der Waals surface area (Å²) in [5, 5.41) is 3.36. The molecule has 0 aliphatic rings. The van der Waals surface area contributed by atoms with Crippen molar-refractivity contribution in [2.75, 3.05) is 24.5 Å². The maximum atomic E-state index is 4.72. The largest absolute Gasteiger partial charge is 0.356 e. The average molecular weight is 277 g/mol. The minimum absolute atomic E-state index is 0.911. The van der Waals surface area contributed by atoms with Crippen molar-refractivity contribution < 1.29 is 0 Å². The highest BCUT2D eigenvalue weighted by molar-refractivity contribution is 5.47. The van der Waals surface area contributed by atoms with Crippen molar-refractivity contribution in [3.8, 4) is 0 Å². The number of hydrogen-bond donors (Lipinski definition) is 1. The smallest absolute Gasteiger partial charge is 0.131 e. The molecule has 1 rings (SSSR count). The quantitative estimate of drug-likeness (QED) is 0.703. The van der Waals surface area contributed by atoms with Crippen molar-refractivity contribution in [1.82, 2.24) is 10.3 Å². The van der Waals surface area contributed by atoms with E-state index in [-0.39, 0.29) is 0 Å². The van der Waals surface area contributed by atoms with Gasteiger partial charge in [-0.05, 0) is 43.5 Å². The van der Waals surface area contributed by atoms with Gasteiger partial charge in [0, 0.05) is 25.8 Å². The second kappa shape index (κ2) is 9.76. The lowest BCUT2D eigenvalue weighted by atomic mass is 10.1. The monoisotopic (exact) mass is 277 g/mol. The zero-order valence-electron chi connectivity index (χ0n) is 13.7. The first kappa shape index (κ1) is 17.0. The third kappa shape index (κ3) is 5.49. The number of nitrogens with zero attached hydrogens (tertiary/aromatic N) is 2. The molecule has 20 heavy (non-hydrogen) atoms. The Labute approximate surface area is 124 Å². The fourth-order valence-electron chi connectivity index (χ4n) is 2.34. The van der Waals surface area contributed by atoms with Crippen LogP contribution in [-0.4, -0.2) is 24.6 Å². The van der Waals surface area contributed by atoms with E-state index in [0.717, 1.165) is 26.2 Å². The lowest BCUT2D eigenvalue weighted by molar-refractivity contribution is 0.668. The molecule has 0 fully saturated rings. The van der Waals surface area contributed by atoms with Crippen LogP contribution in [0.5, 0.6) is 0 Å². The Morgan fingerprint density at radius 2 is 1.75 bits per heavy atom. The van der Waals surface area contributed by atoms with Gasteiger partial charge in [-0.25, -0.2) is 4.98 Å². The summed E-state index contributed by atoms with van der Waals surface area (Å²) in [6.45, 7) is 13.0. The molecule has 0 bridgehead atoms. The lowest BCUT2D eigenvalue weighted by Gasteiger charge is -2.25. The molecule has 0 aliphatic carbocycles. The molecule has 1 aromatic rings. The molecule has 114 valence electrons. The first-order valence-corrected chi connectivity index (χ1v) is 8.14. The normalized spacial score (nSPS) is 10.8. The SMILES string of the molecule is CCCCN(CCCC)c1ncc(CNCC)cc1C. The summed E-state index contributed by atoms with van der Waals surface area (Å²) in [4.78, 5) is 7.18. The fourth-order valence-corrected chi connectivity index (χ4v) is 2.34. The number of aryl methyl sites for hydroxylation is 1. The van der Waals surface area contributed by atoms with Gasteiger partial charge in [-0.1, -0.05) is 33.6 Å². The Morgan fingerprint density at radius 3 is 2.25 bits per heavy atom. The number of nitrogens with one attached hydrogen (secondary N) is 1. The van der Waals surface area contributed by atoms with Gasteiger partial charge in [0.25, 0.3) is 0 Å². The predicted octanol–water partition coefficient (Wildman–Crippen LogP) is 3.91. The first-order valence-electron chi connectivity index (χ1n) is 8.14. The molecule has 0 saturated heterocycles. The van der Waals surface area contributed by atoms with Crippen LogP contribution < -0.4 is 10.2 Å². The number of aromatic nitrogens is 1. The van der Waals surface area contributed by atoms with Crippen molar-refractivity contribution in [2.45, 2.75) is 59.9 Å². The molecule has 0 atom stereocenters. The van der Waals surface area contributed by atoms with Crippen LogP contribution in [0.3, 0.4) is 0 Å². The predicted molar refractivity (Wildman–Crippen MR) is 88.4 cm³/mol. The van der Waals surface area contributed by atoms with Gasteiger partial charge in [0.1, 0.15) is 5.82 Å². The second-order valence-electron chi connectivity index (χ2n) is 5.46. The van der Waals surface area contributed by atoms with E-state index < -0.39 is 0 Å². The Kier molecular flexibility index (Phi) is 8.28. The summed E-state index contributed by atoms with van der Waals surface area (Å²) in [5.74, 6) is 1.17. The second-order valence-corrected chi connectivity index (χ2v) is 5.46. The maximum absolute atomic E-state index is 4.72. The van der Waals surface area contributed by atoms with E-state index in [4.69, 9.17) is 4.98 Å². The van der Waals surface area contributed by atoms with Gasteiger partial charge in [-0.15, -0.1) is 0 Å². The third-order valence-corrected chi connectivity index (χ3v) is 3.55. The van der Waals surface area contributed by atoms with Crippen molar-refractivity contribution in [3.05, 3.63) is 23.4 Å². The molecule has 3 heteroatoms. The minimum Gasteiger partial charge on any atom is -0.356 e. The molecule has 1 aromatic heterocycles. The van der Waals surface area contributed by atoms with E-state index in [1.807, 2.05) is 6.20 Å². The van der Waals surface area contributed by atoms with Crippen LogP contribution in [0.25, 0.3) is 0 Å². The molecule has 1 heterocycles. The zero-order valence-corrected chi connectivity index (χ0v) is 13.7. The number of unbranched alkanes of at least 4 members (excludes halogenated alkanes) is 2. The molecular weight excluding hydrogens is 246 g/mol. The summed E-state index contributed by atoms with van der Waals surface area (Å²) >= 11 is 0. The van der Waals surface area contributed by atoms with Gasteiger partial charge in [-0.2, -0.15) is 0 Å². The molecule has 0 unspecified atom stereocenters. The van der Waals surface area contributed by atoms with Crippen LogP contribution in [0.1, 0.15) is 57.6 Å². The highest BCUT2D eigenvalue weighted by atomic mass is 15.2. The highest BCUT2D eigenvalue weighted by Gasteiger charge is 2.10. The summed E-state index contributed by atoms with van der Waals surface area (Å²) in [6.07, 6.45) is 6.98. The zero-order chi connectivity index (χ0) is 14.8. The third-order valence-electron chi connectivity index (χ3n) is 3.55. The standard InChI is InChI=1S/C17H31N3/c1-5-8-10-20(11-9-6-2)17-15(4)12-16(14-19-17)13-18-7-3/h12,14,18H,5-11,13H2,1-4H3. The molecule has 0 amide bonds. The molecule has 0 spiro atoms. The summed E-state index contributed by atoms with van der Waals surface area (Å²) in [5.41, 5.74) is 2.58. The molecular formula is C17H31N3. The van der Waals surface area contributed by atoms with Gasteiger partial charge in [0.05, 0.1) is 0 Å². The average Bonchev–Trinajstić information content (AvgIpc) is 2.46. The topological polar surface area (TPSA) is 28.2 Å². The van der Waals surface area contributed by atoms with Crippen LogP contribution in [0.4, 0.5) is 5.82 Å². The summed E-state index contributed by atoms with van der Waals surface area (Å²) in [7, 11) is 0. The molecule has 0 radical (unpaired) electrons. The van der Waals surface area contributed by atoms with E-state index in [1.165, 1.54) is 42.6 Å². The Hall–Kier alpha value is -1.09. The lowest BCUT2D eigenvalue weighted by Crippen LogP contribution is -2.27. The van der Waals surface area contributed by atoms with Crippen molar-refractivity contribution in [3.63, 3.8) is 0 Å². The van der Waals surface area contributed by atoms with Gasteiger partial charge >= 0.3 is 0 Å². The first-order chi connectivity index (χ1) is 9.72. The molecule has 0 aliphatic heterocycles. The Bertz CT molecular complexity index is 368. The minimum atomic E-state index is 0.911. The number of anilines is 1. The number of hydrogen-bond acceptors (Lipinski definition) is 3. The van der Waals surface area contributed by atoms with E-state index in [2.05, 4.69) is 44.0 Å². The Balaban J connectivity index is 2.78. The van der Waals surface area contributed by atoms with Gasteiger partial charge in [-0.3, -0.25) is 0 Å². The van der Waals surface area contributed by atoms with Gasteiger partial charge in [0.15, 0.2) is 0 Å². The number of rotatable bonds is 10. The van der Waals surface area contributed by atoms with E-state index in [9.17, 15) is 0 Å². The van der Waals surface area contributed by atoms with Crippen molar-refractivity contribution in [2.24, 2.45) is 0 Å². The number of pyridine rings is 1. The molecule has 0 saturated carbocycles. The molecule has 1 N–H and O–H groups in total. The van der Waals surface area contributed by atoms with Crippen LogP contribution in [-0.2, 0) is 6.54 Å². The Morgan fingerprint density at radius 1 is 1.10 bits per heavy atom. The van der Waals surface area contributed by atoms with Crippen LogP contribution in [0, 0.1) is 6.92 Å². The fraction of sp³-hybridized carbons (Fsp3) is 0.706. The van der Waals surface area contributed by atoms with Crippen LogP contribution >= 0.6 is 0 Å². The van der Waals surface area contributed by atoms with Crippen molar-refractivity contribution >= 4 is 5.82 Å². The summed E-state index contributed by atoms with van der Waals surface area (Å²) < 4.78 is 0. The van der Waals surface area contributed by atoms with Crippen LogP contribution in [0.2, 0.25) is 0 Å². The van der Waals surface area contributed by atoms with Gasteiger partial charge in [0.2, 0.25) is 0 Å². The van der Waals surface area contributed by atoms with Gasteiger partial charge < -0.3 is 10.2 Å².